The van der Waals surface area contributed by atoms with Gasteiger partial charge >= 0.3 is 0 Å². The van der Waals surface area contributed by atoms with Crippen LogP contribution >= 0.6 is 0 Å². The number of para-hydroxylation sites is 1. The first kappa shape index (κ1) is 14.7. The third-order valence-corrected chi connectivity index (χ3v) is 4.34. The fraction of sp³-hybridized carbons (Fsp3) is 0.222. The molecule has 0 atom stereocenters. The molecule has 6 heteroatoms. The number of nitro benzene ring substituents is 1. The SMILES string of the molecule is O=[N+]([O-])c1ccc2c(c1)C(N1CCNCC1)=Cc1ccccc1O2. The summed E-state index contributed by atoms with van der Waals surface area (Å²) in [5, 5.41) is 14.5. The van der Waals surface area contributed by atoms with Crippen molar-refractivity contribution in [1.29, 1.82) is 0 Å². The zero-order valence-corrected chi connectivity index (χ0v) is 13.1. The van der Waals surface area contributed by atoms with Crippen LogP contribution in [-0.4, -0.2) is 36.0 Å². The van der Waals surface area contributed by atoms with Crippen molar-refractivity contribution in [2.24, 2.45) is 0 Å². The van der Waals surface area contributed by atoms with E-state index < -0.39 is 0 Å². The van der Waals surface area contributed by atoms with Crippen LogP contribution in [0.1, 0.15) is 11.1 Å². The maximum Gasteiger partial charge on any atom is 0.270 e. The van der Waals surface area contributed by atoms with Gasteiger partial charge in [-0.15, -0.1) is 0 Å². The molecule has 0 radical (unpaired) electrons. The largest absolute Gasteiger partial charge is 0.456 e. The number of benzene rings is 2. The van der Waals surface area contributed by atoms with Crippen LogP contribution in [0.2, 0.25) is 0 Å². The number of ether oxygens (including phenoxy) is 1. The topological polar surface area (TPSA) is 67.6 Å². The molecule has 0 saturated carbocycles. The van der Waals surface area contributed by atoms with Crippen LogP contribution < -0.4 is 10.1 Å². The summed E-state index contributed by atoms with van der Waals surface area (Å²) < 4.78 is 6.04. The molecule has 0 bridgehead atoms. The van der Waals surface area contributed by atoms with Crippen molar-refractivity contribution in [2.75, 3.05) is 26.2 Å². The van der Waals surface area contributed by atoms with E-state index in [9.17, 15) is 10.1 Å². The molecule has 0 spiro atoms. The van der Waals surface area contributed by atoms with E-state index in [-0.39, 0.29) is 10.6 Å². The number of nitro groups is 1. The Morgan fingerprint density at radius 2 is 1.88 bits per heavy atom. The predicted octanol–water partition coefficient (Wildman–Crippen LogP) is 3.10. The molecular formula is C18H17N3O3. The number of nitrogens with zero attached hydrogens (tertiary/aromatic N) is 2. The highest BCUT2D eigenvalue weighted by atomic mass is 16.6. The number of non-ortho nitro benzene ring substituents is 1. The van der Waals surface area contributed by atoms with Crippen LogP contribution in [-0.2, 0) is 0 Å². The van der Waals surface area contributed by atoms with Crippen molar-refractivity contribution < 1.29 is 9.66 Å². The van der Waals surface area contributed by atoms with E-state index in [4.69, 9.17) is 4.74 Å². The highest BCUT2D eigenvalue weighted by Crippen LogP contribution is 2.40. The van der Waals surface area contributed by atoms with E-state index in [0.29, 0.717) is 5.75 Å². The molecule has 1 saturated heterocycles. The molecule has 0 aromatic heterocycles. The van der Waals surface area contributed by atoms with Gasteiger partial charge < -0.3 is 15.0 Å². The van der Waals surface area contributed by atoms with Crippen molar-refractivity contribution in [1.82, 2.24) is 10.2 Å². The smallest absolute Gasteiger partial charge is 0.270 e. The van der Waals surface area contributed by atoms with E-state index in [1.807, 2.05) is 24.3 Å². The van der Waals surface area contributed by atoms with Gasteiger partial charge in [-0.2, -0.15) is 0 Å². The second-order valence-electron chi connectivity index (χ2n) is 5.84. The number of hydrogen-bond acceptors (Lipinski definition) is 5. The first-order valence-electron chi connectivity index (χ1n) is 7.95. The van der Waals surface area contributed by atoms with Crippen molar-refractivity contribution in [3.63, 3.8) is 0 Å². The van der Waals surface area contributed by atoms with Gasteiger partial charge in [0.2, 0.25) is 0 Å². The molecule has 0 amide bonds. The molecule has 1 fully saturated rings. The zero-order valence-electron chi connectivity index (χ0n) is 13.1. The molecule has 122 valence electrons. The first-order valence-corrected chi connectivity index (χ1v) is 7.95. The van der Waals surface area contributed by atoms with Gasteiger partial charge in [-0.05, 0) is 18.2 Å². The van der Waals surface area contributed by atoms with E-state index in [1.54, 1.807) is 12.1 Å². The molecule has 0 aliphatic carbocycles. The van der Waals surface area contributed by atoms with Crippen LogP contribution in [0, 0.1) is 10.1 Å². The Bertz CT molecular complexity index is 826. The summed E-state index contributed by atoms with van der Waals surface area (Å²) in [5.74, 6) is 1.41. The Morgan fingerprint density at radius 3 is 2.67 bits per heavy atom. The second kappa shape index (κ2) is 5.98. The standard InChI is InChI=1S/C18H17N3O3/c22-21(23)14-5-6-18-15(12-14)16(20-9-7-19-8-10-20)11-13-3-1-2-4-17(13)24-18/h1-6,11-12,19H,7-10H2. The monoisotopic (exact) mass is 323 g/mol. The minimum atomic E-state index is -0.367. The molecule has 2 aliphatic rings. The van der Waals surface area contributed by atoms with Crippen LogP contribution in [0.15, 0.2) is 42.5 Å². The second-order valence-corrected chi connectivity index (χ2v) is 5.84. The summed E-state index contributed by atoms with van der Waals surface area (Å²) in [7, 11) is 0. The predicted molar refractivity (Wildman–Crippen MR) is 91.9 cm³/mol. The third kappa shape index (κ3) is 2.61. The summed E-state index contributed by atoms with van der Waals surface area (Å²) in [5.41, 5.74) is 2.79. The summed E-state index contributed by atoms with van der Waals surface area (Å²) in [6.45, 7) is 3.50. The summed E-state index contributed by atoms with van der Waals surface area (Å²) >= 11 is 0. The molecule has 2 heterocycles. The average molecular weight is 323 g/mol. The summed E-state index contributed by atoms with van der Waals surface area (Å²) in [6.07, 6.45) is 2.07. The molecule has 2 aromatic rings. The number of fused-ring (bicyclic) bond motifs is 2. The van der Waals surface area contributed by atoms with Crippen LogP contribution in [0.5, 0.6) is 11.5 Å². The minimum absolute atomic E-state index is 0.0735. The van der Waals surface area contributed by atoms with E-state index >= 15 is 0 Å². The molecular weight excluding hydrogens is 306 g/mol. The molecule has 2 aliphatic heterocycles. The molecule has 6 nitrogen and oxygen atoms in total. The molecule has 24 heavy (non-hydrogen) atoms. The quantitative estimate of drug-likeness (QED) is 0.679. The van der Waals surface area contributed by atoms with E-state index in [2.05, 4.69) is 16.3 Å². The lowest BCUT2D eigenvalue weighted by molar-refractivity contribution is -0.384. The lowest BCUT2D eigenvalue weighted by atomic mass is 10.1. The van der Waals surface area contributed by atoms with Crippen molar-refractivity contribution in [3.05, 3.63) is 63.7 Å². The highest BCUT2D eigenvalue weighted by Gasteiger charge is 2.24. The molecule has 1 N–H and O–H groups in total. The van der Waals surface area contributed by atoms with Crippen molar-refractivity contribution in [2.45, 2.75) is 0 Å². The number of rotatable bonds is 2. The number of nitrogens with one attached hydrogen (secondary N) is 1. The first-order chi connectivity index (χ1) is 11.7. The van der Waals surface area contributed by atoms with Gasteiger partial charge in [-0.3, -0.25) is 10.1 Å². The van der Waals surface area contributed by atoms with E-state index in [1.165, 1.54) is 6.07 Å². The van der Waals surface area contributed by atoms with Gasteiger partial charge in [-0.25, -0.2) is 0 Å². The maximum atomic E-state index is 11.2. The van der Waals surface area contributed by atoms with E-state index in [0.717, 1.165) is 48.8 Å². The Balaban J connectivity index is 1.89. The third-order valence-electron chi connectivity index (χ3n) is 4.34. The van der Waals surface area contributed by atoms with Crippen LogP contribution in [0.3, 0.4) is 0 Å². The Kier molecular flexibility index (Phi) is 3.66. The molecule has 0 unspecified atom stereocenters. The Hall–Kier alpha value is -2.86. The maximum absolute atomic E-state index is 11.2. The summed E-state index contributed by atoms with van der Waals surface area (Å²) in [6, 6.07) is 12.6. The van der Waals surface area contributed by atoms with Gasteiger partial charge in [0.1, 0.15) is 11.5 Å². The Morgan fingerprint density at radius 1 is 1.08 bits per heavy atom. The van der Waals surface area contributed by atoms with Crippen LogP contribution in [0.25, 0.3) is 11.8 Å². The Labute approximate surface area is 139 Å². The van der Waals surface area contributed by atoms with Gasteiger partial charge in [0.25, 0.3) is 5.69 Å². The lowest BCUT2D eigenvalue weighted by Gasteiger charge is -2.31. The summed E-state index contributed by atoms with van der Waals surface area (Å²) in [4.78, 5) is 13.1. The van der Waals surface area contributed by atoms with Crippen molar-refractivity contribution >= 4 is 17.5 Å². The minimum Gasteiger partial charge on any atom is -0.456 e. The normalized spacial score (nSPS) is 16.3. The highest BCUT2D eigenvalue weighted by molar-refractivity contribution is 5.87. The van der Waals surface area contributed by atoms with Crippen LogP contribution in [0.4, 0.5) is 5.69 Å². The lowest BCUT2D eigenvalue weighted by Crippen LogP contribution is -2.42. The zero-order chi connectivity index (χ0) is 16.5. The number of hydrogen-bond donors (Lipinski definition) is 1. The number of piperazine rings is 1. The molecule has 2 aromatic carbocycles. The van der Waals surface area contributed by atoms with Gasteiger partial charge in [-0.1, -0.05) is 18.2 Å². The van der Waals surface area contributed by atoms with Gasteiger partial charge in [0.05, 0.1) is 4.92 Å². The van der Waals surface area contributed by atoms with Crippen molar-refractivity contribution in [3.8, 4) is 11.5 Å². The fourth-order valence-corrected chi connectivity index (χ4v) is 3.12. The fourth-order valence-electron chi connectivity index (χ4n) is 3.12. The average Bonchev–Trinajstić information content (AvgIpc) is 2.78. The van der Waals surface area contributed by atoms with Gasteiger partial charge in [0.15, 0.2) is 0 Å². The van der Waals surface area contributed by atoms with Gasteiger partial charge in [0, 0.05) is 55.1 Å². The molecule has 4 rings (SSSR count).